The summed E-state index contributed by atoms with van der Waals surface area (Å²) in [4.78, 5) is 8.31. The van der Waals surface area contributed by atoms with Gasteiger partial charge in [0.1, 0.15) is 0 Å². The largest absolute Gasteiger partial charge is 0.480 e. The third-order valence-corrected chi connectivity index (χ3v) is 2.92. The molecule has 0 aromatic carbocycles. The van der Waals surface area contributed by atoms with Crippen LogP contribution in [-0.4, -0.2) is 22.5 Å². The van der Waals surface area contributed by atoms with Crippen molar-refractivity contribution in [2.75, 3.05) is 7.11 Å². The number of halogens is 1. The molecule has 1 aromatic rings. The van der Waals surface area contributed by atoms with Gasteiger partial charge in [-0.15, -0.1) is 11.6 Å². The van der Waals surface area contributed by atoms with Crippen molar-refractivity contribution in [1.82, 2.24) is 9.97 Å². The first kappa shape index (κ1) is 9.71. The molecule has 14 heavy (non-hydrogen) atoms. The maximum absolute atomic E-state index is 6.20. The van der Waals surface area contributed by atoms with E-state index in [1.54, 1.807) is 19.5 Å². The Bertz CT molecular complexity index is 315. The molecular formula is C10H13ClN2O. The van der Waals surface area contributed by atoms with E-state index in [9.17, 15) is 0 Å². The van der Waals surface area contributed by atoms with Crippen LogP contribution in [0.2, 0.25) is 0 Å². The van der Waals surface area contributed by atoms with E-state index in [4.69, 9.17) is 16.3 Å². The van der Waals surface area contributed by atoms with Gasteiger partial charge in [0.05, 0.1) is 19.0 Å². The molecule has 1 saturated carbocycles. The monoisotopic (exact) mass is 212 g/mol. The third-order valence-electron chi connectivity index (χ3n) is 2.41. The van der Waals surface area contributed by atoms with Crippen molar-refractivity contribution in [2.24, 2.45) is 5.92 Å². The van der Waals surface area contributed by atoms with E-state index < -0.39 is 0 Å². The summed E-state index contributed by atoms with van der Waals surface area (Å²) in [6.45, 7) is 0. The minimum absolute atomic E-state index is 0.205. The Labute approximate surface area is 88.5 Å². The van der Waals surface area contributed by atoms with E-state index in [1.165, 1.54) is 12.8 Å². The number of aromatic nitrogens is 2. The van der Waals surface area contributed by atoms with Crippen molar-refractivity contribution in [3.63, 3.8) is 0 Å². The van der Waals surface area contributed by atoms with E-state index in [2.05, 4.69) is 9.97 Å². The van der Waals surface area contributed by atoms with E-state index in [0.29, 0.717) is 11.8 Å². The summed E-state index contributed by atoms with van der Waals surface area (Å²) >= 11 is 6.20. The number of rotatable bonds is 4. The summed E-state index contributed by atoms with van der Waals surface area (Å²) in [6, 6.07) is 0. The molecule has 0 amide bonds. The molecule has 3 nitrogen and oxygen atoms in total. The van der Waals surface area contributed by atoms with Crippen molar-refractivity contribution in [3.05, 3.63) is 18.1 Å². The average molecular weight is 213 g/mol. The highest BCUT2D eigenvalue weighted by Gasteiger charge is 2.29. The van der Waals surface area contributed by atoms with Crippen LogP contribution in [0, 0.1) is 5.92 Å². The molecule has 1 aromatic heterocycles. The van der Waals surface area contributed by atoms with Crippen molar-refractivity contribution < 1.29 is 4.74 Å². The van der Waals surface area contributed by atoms with Crippen molar-refractivity contribution in [1.29, 1.82) is 0 Å². The van der Waals surface area contributed by atoms with Gasteiger partial charge in [-0.2, -0.15) is 0 Å². The maximum Gasteiger partial charge on any atom is 0.232 e. The van der Waals surface area contributed by atoms with Gasteiger partial charge in [0.25, 0.3) is 0 Å². The smallest absolute Gasteiger partial charge is 0.232 e. The first-order chi connectivity index (χ1) is 6.79. The van der Waals surface area contributed by atoms with Gasteiger partial charge in [0.15, 0.2) is 0 Å². The lowest BCUT2D eigenvalue weighted by Gasteiger charge is -2.07. The Balaban J connectivity index is 2.00. The number of hydrogen-bond acceptors (Lipinski definition) is 3. The zero-order valence-electron chi connectivity index (χ0n) is 8.11. The van der Waals surface area contributed by atoms with Gasteiger partial charge in [-0.25, -0.2) is 4.98 Å². The zero-order chi connectivity index (χ0) is 9.97. The Morgan fingerprint density at radius 3 is 3.00 bits per heavy atom. The van der Waals surface area contributed by atoms with Crippen LogP contribution in [0.3, 0.4) is 0 Å². The topological polar surface area (TPSA) is 35.0 Å². The molecule has 1 unspecified atom stereocenters. The number of ether oxygens (including phenoxy) is 1. The zero-order valence-corrected chi connectivity index (χ0v) is 8.87. The molecule has 0 N–H and O–H groups in total. The first-order valence-corrected chi connectivity index (χ1v) is 5.22. The molecule has 1 aliphatic carbocycles. The molecule has 2 rings (SSSR count). The van der Waals surface area contributed by atoms with Crippen LogP contribution in [0.15, 0.2) is 12.4 Å². The molecule has 1 heterocycles. The first-order valence-electron chi connectivity index (χ1n) is 4.78. The van der Waals surface area contributed by atoms with E-state index >= 15 is 0 Å². The molecular weight excluding hydrogens is 200 g/mol. The summed E-state index contributed by atoms with van der Waals surface area (Å²) in [5.74, 6) is 1.24. The van der Waals surface area contributed by atoms with Gasteiger partial charge in [0, 0.05) is 18.0 Å². The van der Waals surface area contributed by atoms with Gasteiger partial charge in [-0.05, 0) is 18.8 Å². The molecule has 0 saturated heterocycles. The SMILES string of the molecule is COc1cncc(CC(Cl)C2CC2)n1. The fourth-order valence-electron chi connectivity index (χ4n) is 1.41. The maximum atomic E-state index is 6.20. The second-order valence-electron chi connectivity index (χ2n) is 3.61. The van der Waals surface area contributed by atoms with E-state index in [-0.39, 0.29) is 5.38 Å². The Morgan fingerprint density at radius 2 is 2.36 bits per heavy atom. The molecule has 0 aliphatic heterocycles. The Kier molecular flexibility index (Phi) is 2.87. The Morgan fingerprint density at radius 1 is 1.57 bits per heavy atom. The molecule has 0 radical (unpaired) electrons. The van der Waals surface area contributed by atoms with Crippen molar-refractivity contribution in [2.45, 2.75) is 24.6 Å². The summed E-state index contributed by atoms with van der Waals surface area (Å²) in [5, 5.41) is 0.205. The highest BCUT2D eigenvalue weighted by molar-refractivity contribution is 6.21. The molecule has 1 aliphatic rings. The van der Waals surface area contributed by atoms with E-state index in [1.807, 2.05) is 0 Å². The van der Waals surface area contributed by atoms with Crippen LogP contribution in [-0.2, 0) is 6.42 Å². The lowest BCUT2D eigenvalue weighted by Crippen LogP contribution is -2.07. The third kappa shape index (κ3) is 2.35. The molecule has 0 spiro atoms. The number of methoxy groups -OCH3 is 1. The van der Waals surface area contributed by atoms with Crippen LogP contribution >= 0.6 is 11.6 Å². The Hall–Kier alpha value is -0.830. The molecule has 4 heteroatoms. The fourth-order valence-corrected chi connectivity index (χ4v) is 1.82. The lowest BCUT2D eigenvalue weighted by atomic mass is 10.2. The number of nitrogens with zero attached hydrogens (tertiary/aromatic N) is 2. The van der Waals surface area contributed by atoms with Crippen molar-refractivity contribution in [3.8, 4) is 5.88 Å². The second-order valence-corrected chi connectivity index (χ2v) is 4.17. The van der Waals surface area contributed by atoms with Gasteiger partial charge >= 0.3 is 0 Å². The van der Waals surface area contributed by atoms with Crippen LogP contribution in [0.5, 0.6) is 5.88 Å². The number of alkyl halides is 1. The normalized spacial score (nSPS) is 17.9. The molecule has 1 atom stereocenters. The molecule has 0 bridgehead atoms. The van der Waals surface area contributed by atoms with Gasteiger partial charge < -0.3 is 4.74 Å². The summed E-state index contributed by atoms with van der Waals surface area (Å²) in [6.07, 6.45) is 6.65. The standard InChI is InChI=1S/C10H13ClN2O/c1-14-10-6-12-5-8(13-10)4-9(11)7-2-3-7/h5-7,9H,2-4H2,1H3. The predicted molar refractivity (Wildman–Crippen MR) is 54.7 cm³/mol. The van der Waals surface area contributed by atoms with Gasteiger partial charge in [-0.1, -0.05) is 0 Å². The second kappa shape index (κ2) is 4.13. The van der Waals surface area contributed by atoms with Crippen LogP contribution in [0.1, 0.15) is 18.5 Å². The number of hydrogen-bond donors (Lipinski definition) is 0. The van der Waals surface area contributed by atoms with Gasteiger partial charge in [0.2, 0.25) is 5.88 Å². The fraction of sp³-hybridized carbons (Fsp3) is 0.600. The summed E-state index contributed by atoms with van der Waals surface area (Å²) < 4.78 is 5.00. The van der Waals surface area contributed by atoms with Crippen LogP contribution in [0.4, 0.5) is 0 Å². The van der Waals surface area contributed by atoms with Crippen molar-refractivity contribution >= 4 is 11.6 Å². The van der Waals surface area contributed by atoms with Crippen LogP contribution in [0.25, 0.3) is 0 Å². The lowest BCUT2D eigenvalue weighted by molar-refractivity contribution is 0.393. The highest BCUT2D eigenvalue weighted by atomic mass is 35.5. The predicted octanol–water partition coefficient (Wildman–Crippen LogP) is 2.05. The minimum atomic E-state index is 0.205. The highest BCUT2D eigenvalue weighted by Crippen LogP contribution is 2.36. The molecule has 76 valence electrons. The average Bonchev–Trinajstić information content (AvgIpc) is 3.01. The minimum Gasteiger partial charge on any atom is -0.480 e. The van der Waals surface area contributed by atoms with Gasteiger partial charge in [-0.3, -0.25) is 4.98 Å². The van der Waals surface area contributed by atoms with E-state index in [0.717, 1.165) is 12.1 Å². The van der Waals surface area contributed by atoms with Crippen LogP contribution < -0.4 is 4.74 Å². The summed E-state index contributed by atoms with van der Waals surface area (Å²) in [7, 11) is 1.59. The summed E-state index contributed by atoms with van der Waals surface area (Å²) in [5.41, 5.74) is 0.913. The molecule has 1 fully saturated rings. The quantitative estimate of drug-likeness (QED) is 0.717.